The van der Waals surface area contributed by atoms with Gasteiger partial charge in [0.05, 0.1) is 10.1 Å². The highest BCUT2D eigenvalue weighted by Gasteiger charge is 2.29. The van der Waals surface area contributed by atoms with E-state index < -0.39 is 5.83 Å². The van der Waals surface area contributed by atoms with E-state index in [1.807, 2.05) is 29.2 Å². The first-order valence-electron chi connectivity index (χ1n) is 10.00. The zero-order valence-corrected chi connectivity index (χ0v) is 18.8. The molecule has 2 N–H and O–H groups in total. The Morgan fingerprint density at radius 2 is 1.84 bits per heavy atom. The van der Waals surface area contributed by atoms with Crippen LogP contribution in [0.2, 0.25) is 0 Å². The van der Waals surface area contributed by atoms with Gasteiger partial charge in [0.25, 0.3) is 0 Å². The van der Waals surface area contributed by atoms with E-state index in [1.54, 1.807) is 11.0 Å². The topological polar surface area (TPSA) is 67.6 Å². The number of phenolic OH excluding ortho intramolecular Hbond substituents is 1. The molecule has 5 nitrogen and oxygen atoms in total. The number of carbonyl (C=O) groups excluding carboxylic acids is 1. The van der Waals surface area contributed by atoms with Crippen molar-refractivity contribution in [1.29, 1.82) is 5.41 Å². The number of thiol groups is 1. The third-order valence-corrected chi connectivity index (χ3v) is 6.46. The second-order valence-electron chi connectivity index (χ2n) is 7.52. The SMILES string of the molecule is C=CC(=O)N1CCN(/C(S)=C2\C=C(Cl)C(c3cc(O)cc4ccccc34)=C(F)C2=N)CC1. The number of phenols is 1. The van der Waals surface area contributed by atoms with Crippen LogP contribution in [0.15, 0.2) is 76.6 Å². The quantitative estimate of drug-likeness (QED) is 0.444. The highest BCUT2D eigenvalue weighted by molar-refractivity contribution is 7.84. The number of hydrogen-bond acceptors (Lipinski definition) is 5. The second-order valence-corrected chi connectivity index (χ2v) is 8.36. The Morgan fingerprint density at radius 1 is 1.19 bits per heavy atom. The van der Waals surface area contributed by atoms with Crippen molar-refractivity contribution in [3.8, 4) is 5.75 Å². The number of aromatic hydroxyl groups is 1. The zero-order valence-electron chi connectivity index (χ0n) is 17.1. The number of nitrogens with zero attached hydrogens (tertiary/aromatic N) is 2. The normalized spacial score (nSPS) is 18.7. The fourth-order valence-corrected chi connectivity index (χ4v) is 4.65. The lowest BCUT2D eigenvalue weighted by atomic mass is 9.91. The van der Waals surface area contributed by atoms with Gasteiger partial charge in [0.2, 0.25) is 5.91 Å². The summed E-state index contributed by atoms with van der Waals surface area (Å²) in [7, 11) is 0. The summed E-state index contributed by atoms with van der Waals surface area (Å²) in [5, 5.41) is 20.6. The van der Waals surface area contributed by atoms with E-state index >= 15 is 4.39 Å². The fraction of sp³-hybridized carbons (Fsp3) is 0.167. The summed E-state index contributed by atoms with van der Waals surface area (Å²) in [4.78, 5) is 15.4. The smallest absolute Gasteiger partial charge is 0.246 e. The number of halogens is 2. The van der Waals surface area contributed by atoms with Gasteiger partial charge in [-0.05, 0) is 40.6 Å². The van der Waals surface area contributed by atoms with Gasteiger partial charge in [-0.2, -0.15) is 0 Å². The van der Waals surface area contributed by atoms with Gasteiger partial charge in [-0.3, -0.25) is 10.2 Å². The predicted molar refractivity (Wildman–Crippen MR) is 130 cm³/mol. The van der Waals surface area contributed by atoms with Crippen molar-refractivity contribution in [2.75, 3.05) is 26.2 Å². The third kappa shape index (κ3) is 3.94. The number of rotatable bonds is 3. The first-order valence-corrected chi connectivity index (χ1v) is 10.8. The molecule has 2 aromatic rings. The summed E-state index contributed by atoms with van der Waals surface area (Å²) in [5.41, 5.74) is 0.425. The monoisotopic (exact) mass is 469 g/mol. The van der Waals surface area contributed by atoms with Crippen molar-refractivity contribution >= 4 is 52.2 Å². The number of benzene rings is 2. The molecule has 1 amide bonds. The number of allylic oxidation sites excluding steroid dienone is 5. The predicted octanol–water partition coefficient (Wildman–Crippen LogP) is 4.85. The molecule has 8 heteroatoms. The number of hydrogen-bond donors (Lipinski definition) is 3. The van der Waals surface area contributed by atoms with Gasteiger partial charge in [0.15, 0.2) is 5.83 Å². The molecule has 0 radical (unpaired) electrons. The van der Waals surface area contributed by atoms with E-state index in [9.17, 15) is 9.90 Å². The maximum Gasteiger partial charge on any atom is 0.246 e. The molecule has 32 heavy (non-hydrogen) atoms. The summed E-state index contributed by atoms with van der Waals surface area (Å²) in [6.07, 6.45) is 2.81. The molecule has 1 aliphatic heterocycles. The molecule has 0 unspecified atom stereocenters. The molecule has 0 spiro atoms. The van der Waals surface area contributed by atoms with E-state index in [2.05, 4.69) is 19.2 Å². The number of piperazine rings is 1. The first-order chi connectivity index (χ1) is 15.3. The Bertz CT molecular complexity index is 1240. The summed E-state index contributed by atoms with van der Waals surface area (Å²) in [6.45, 7) is 5.45. The van der Waals surface area contributed by atoms with E-state index in [4.69, 9.17) is 17.0 Å². The lowest BCUT2D eigenvalue weighted by Crippen LogP contribution is -2.47. The molecule has 0 atom stereocenters. The molecule has 0 bridgehead atoms. The van der Waals surface area contributed by atoms with Gasteiger partial charge < -0.3 is 14.9 Å². The minimum absolute atomic E-state index is 0.0156. The number of fused-ring (bicyclic) bond motifs is 1. The average Bonchev–Trinajstić information content (AvgIpc) is 2.80. The van der Waals surface area contributed by atoms with Crippen molar-refractivity contribution in [3.63, 3.8) is 0 Å². The van der Waals surface area contributed by atoms with Gasteiger partial charge in [0, 0.05) is 37.3 Å². The minimum atomic E-state index is -0.782. The highest BCUT2D eigenvalue weighted by Crippen LogP contribution is 2.42. The highest BCUT2D eigenvalue weighted by atomic mass is 35.5. The molecule has 4 rings (SSSR count). The van der Waals surface area contributed by atoms with E-state index in [1.165, 1.54) is 18.2 Å². The van der Waals surface area contributed by atoms with Crippen molar-refractivity contribution in [2.45, 2.75) is 0 Å². The maximum absolute atomic E-state index is 15.5. The van der Waals surface area contributed by atoms with Crippen molar-refractivity contribution in [1.82, 2.24) is 9.80 Å². The number of nitrogens with one attached hydrogen (secondary N) is 1. The minimum Gasteiger partial charge on any atom is -0.508 e. The molecule has 1 heterocycles. The van der Waals surface area contributed by atoms with Crippen LogP contribution >= 0.6 is 24.2 Å². The average molecular weight is 470 g/mol. The van der Waals surface area contributed by atoms with Gasteiger partial charge >= 0.3 is 0 Å². The zero-order chi connectivity index (χ0) is 23.0. The molecule has 1 fully saturated rings. The van der Waals surface area contributed by atoms with Gasteiger partial charge in [-0.15, -0.1) is 12.6 Å². The van der Waals surface area contributed by atoms with Crippen LogP contribution in [0.1, 0.15) is 5.56 Å². The van der Waals surface area contributed by atoms with Crippen LogP contribution in [0.4, 0.5) is 4.39 Å². The van der Waals surface area contributed by atoms with Crippen LogP contribution in [0, 0.1) is 5.41 Å². The van der Waals surface area contributed by atoms with Gasteiger partial charge in [0.1, 0.15) is 11.5 Å². The molecule has 0 aromatic heterocycles. The summed E-state index contributed by atoms with van der Waals surface area (Å²) >= 11 is 11.1. The van der Waals surface area contributed by atoms with E-state index in [-0.39, 0.29) is 33.5 Å². The van der Waals surface area contributed by atoms with Gasteiger partial charge in [-0.25, -0.2) is 4.39 Å². The first kappa shape index (κ1) is 22.2. The van der Waals surface area contributed by atoms with Gasteiger partial charge in [-0.1, -0.05) is 42.4 Å². The maximum atomic E-state index is 15.5. The summed E-state index contributed by atoms with van der Waals surface area (Å²) in [5.74, 6) is -0.934. The standard InChI is InChI=1S/C24H21ClFN3O2S/c1-2-20(31)28-7-9-29(10-8-28)24(32)18-13-19(25)21(22(26)23(18)27)17-12-15(30)11-14-5-3-4-6-16(14)17/h2-6,11-13,27,30,32H,1,7-10H2/b24-18-,27-23?. The second kappa shape index (κ2) is 8.84. The van der Waals surface area contributed by atoms with Crippen molar-refractivity contribution < 1.29 is 14.3 Å². The number of carbonyl (C=O) groups is 1. The van der Waals surface area contributed by atoms with Crippen LogP contribution in [0.3, 0.4) is 0 Å². The van der Waals surface area contributed by atoms with Crippen molar-refractivity contribution in [3.05, 3.63) is 82.2 Å². The largest absolute Gasteiger partial charge is 0.508 e. The molecule has 164 valence electrons. The lowest BCUT2D eigenvalue weighted by molar-refractivity contribution is -0.127. The summed E-state index contributed by atoms with van der Waals surface area (Å²) < 4.78 is 15.5. The Balaban J connectivity index is 1.70. The van der Waals surface area contributed by atoms with Crippen LogP contribution in [0.5, 0.6) is 5.75 Å². The Labute approximate surface area is 195 Å². The van der Waals surface area contributed by atoms with Crippen LogP contribution < -0.4 is 0 Å². The van der Waals surface area contributed by atoms with Crippen LogP contribution in [-0.4, -0.2) is 52.7 Å². The summed E-state index contributed by atoms with van der Waals surface area (Å²) in [6, 6.07) is 10.3. The molecule has 1 saturated heterocycles. The number of amides is 1. The lowest BCUT2D eigenvalue weighted by Gasteiger charge is -2.36. The molecular formula is C24H21ClFN3O2S. The Hall–Kier alpha value is -3.03. The molecule has 1 aliphatic carbocycles. The van der Waals surface area contributed by atoms with Crippen molar-refractivity contribution in [2.24, 2.45) is 0 Å². The van der Waals surface area contributed by atoms with E-state index in [0.29, 0.717) is 36.8 Å². The molecular weight excluding hydrogens is 449 g/mol. The molecule has 2 aromatic carbocycles. The molecule has 0 saturated carbocycles. The van der Waals surface area contributed by atoms with Crippen LogP contribution in [0.25, 0.3) is 16.3 Å². The fourth-order valence-electron chi connectivity index (χ4n) is 3.98. The molecule has 2 aliphatic rings. The Kier molecular flexibility index (Phi) is 6.13. The van der Waals surface area contributed by atoms with E-state index in [0.717, 1.165) is 10.8 Å². The Morgan fingerprint density at radius 3 is 2.53 bits per heavy atom. The van der Waals surface area contributed by atoms with Crippen LogP contribution in [-0.2, 0) is 4.79 Å². The third-order valence-electron chi connectivity index (χ3n) is 5.64.